The Morgan fingerprint density at radius 3 is 2.67 bits per heavy atom. The lowest BCUT2D eigenvalue weighted by molar-refractivity contribution is -0.121. The molecule has 9 nitrogen and oxygen atoms in total. The lowest BCUT2D eigenvalue weighted by Crippen LogP contribution is -2.46. The Bertz CT molecular complexity index is 1250. The summed E-state index contributed by atoms with van der Waals surface area (Å²) in [5.41, 5.74) is -0.0372. The average Bonchev–Trinajstić information content (AvgIpc) is 2.83. The molecule has 1 N–H and O–H groups in total. The maximum atomic E-state index is 13.1. The number of aromatic nitrogens is 4. The summed E-state index contributed by atoms with van der Waals surface area (Å²) < 4.78 is 2.38. The topological polar surface area (TPSA) is 102 Å². The molecule has 3 heterocycles. The van der Waals surface area contributed by atoms with Gasteiger partial charge in [0.25, 0.3) is 5.56 Å². The zero-order valence-electron chi connectivity index (χ0n) is 19.2. The van der Waals surface area contributed by atoms with Gasteiger partial charge in [-0.05, 0) is 33.2 Å². The summed E-state index contributed by atoms with van der Waals surface area (Å²) in [6, 6.07) is 9.88. The van der Waals surface area contributed by atoms with E-state index in [0.29, 0.717) is 25.0 Å². The van der Waals surface area contributed by atoms with Gasteiger partial charge in [0.2, 0.25) is 5.91 Å². The van der Waals surface area contributed by atoms with Crippen molar-refractivity contribution in [2.24, 2.45) is 0 Å². The van der Waals surface area contributed by atoms with Crippen molar-refractivity contribution in [3.8, 4) is 11.4 Å². The van der Waals surface area contributed by atoms with E-state index in [-0.39, 0.29) is 23.5 Å². The van der Waals surface area contributed by atoms with Crippen LogP contribution in [0.25, 0.3) is 22.4 Å². The van der Waals surface area contributed by atoms with E-state index in [4.69, 9.17) is 0 Å². The summed E-state index contributed by atoms with van der Waals surface area (Å²) in [6.45, 7) is 6.27. The van der Waals surface area contributed by atoms with Gasteiger partial charge in [0.05, 0.1) is 0 Å². The highest BCUT2D eigenvalue weighted by Crippen LogP contribution is 2.16. The first kappa shape index (κ1) is 22.8. The number of fused-ring (bicyclic) bond motifs is 1. The molecule has 0 unspecified atom stereocenters. The molecule has 0 aliphatic carbocycles. The second kappa shape index (κ2) is 10.1. The molecule has 33 heavy (non-hydrogen) atoms. The summed E-state index contributed by atoms with van der Waals surface area (Å²) in [6.07, 6.45) is 5.03. The normalized spacial score (nSPS) is 16.7. The molecule has 2 aromatic heterocycles. The van der Waals surface area contributed by atoms with Gasteiger partial charge < -0.3 is 5.32 Å². The Hall–Kier alpha value is -3.33. The predicted molar refractivity (Wildman–Crippen MR) is 127 cm³/mol. The molecule has 1 atom stereocenters. The molecule has 0 bridgehead atoms. The lowest BCUT2D eigenvalue weighted by Gasteiger charge is -2.33. The Labute approximate surface area is 192 Å². The number of nitrogens with one attached hydrogen (secondary N) is 1. The van der Waals surface area contributed by atoms with Crippen LogP contribution in [0.1, 0.15) is 33.1 Å². The Balaban J connectivity index is 1.56. The number of hydrogen-bond acceptors (Lipinski definition) is 6. The monoisotopic (exact) mass is 450 g/mol. The van der Waals surface area contributed by atoms with Crippen LogP contribution in [0.3, 0.4) is 0 Å². The molecule has 0 saturated carbocycles. The molecule has 4 rings (SSSR count). The Kier molecular flexibility index (Phi) is 6.98. The first-order chi connectivity index (χ1) is 16.0. The average molecular weight is 451 g/mol. The van der Waals surface area contributed by atoms with Crippen LogP contribution in [-0.2, 0) is 17.9 Å². The number of hydrogen-bond donors (Lipinski definition) is 1. The number of nitrogens with zero attached hydrogens (tertiary/aromatic N) is 5. The van der Waals surface area contributed by atoms with Gasteiger partial charge in [0.15, 0.2) is 11.5 Å². The van der Waals surface area contributed by atoms with Gasteiger partial charge in [0.1, 0.15) is 11.9 Å². The summed E-state index contributed by atoms with van der Waals surface area (Å²) >= 11 is 0. The fraction of sp³-hybridized carbons (Fsp3) is 0.458. The van der Waals surface area contributed by atoms with Crippen molar-refractivity contribution in [1.82, 2.24) is 29.3 Å². The summed E-state index contributed by atoms with van der Waals surface area (Å²) in [5.74, 6) is 0.0780. The number of aryl methyl sites for hydroxylation is 1. The highest BCUT2D eigenvalue weighted by Gasteiger charge is 2.19. The number of piperidine rings is 1. The van der Waals surface area contributed by atoms with Gasteiger partial charge in [-0.2, -0.15) is 0 Å². The fourth-order valence-electron chi connectivity index (χ4n) is 4.38. The number of rotatable bonds is 7. The third kappa shape index (κ3) is 4.88. The van der Waals surface area contributed by atoms with E-state index in [1.165, 1.54) is 30.0 Å². The molecule has 1 fully saturated rings. The van der Waals surface area contributed by atoms with Crippen molar-refractivity contribution in [3.05, 3.63) is 57.4 Å². The molecule has 3 aromatic rings. The zero-order chi connectivity index (χ0) is 23.4. The molecular formula is C24H30N6O3. The molecular weight excluding hydrogens is 420 g/mol. The number of carbonyl (C=O) groups excluding carboxylic acids is 1. The van der Waals surface area contributed by atoms with Gasteiger partial charge in [-0.15, -0.1) is 0 Å². The summed E-state index contributed by atoms with van der Waals surface area (Å²) in [5, 5.41) is 3.06. The van der Waals surface area contributed by atoms with Crippen LogP contribution in [0.5, 0.6) is 0 Å². The van der Waals surface area contributed by atoms with Crippen molar-refractivity contribution < 1.29 is 4.79 Å². The van der Waals surface area contributed by atoms with Crippen molar-refractivity contribution in [3.63, 3.8) is 0 Å². The number of amides is 1. The van der Waals surface area contributed by atoms with Gasteiger partial charge >= 0.3 is 5.69 Å². The number of likely N-dealkylation sites (tertiary alicyclic amines) is 1. The number of carbonyl (C=O) groups is 1. The minimum atomic E-state index is -0.556. The lowest BCUT2D eigenvalue weighted by atomic mass is 10.0. The molecule has 0 spiro atoms. The molecule has 1 aliphatic heterocycles. The number of benzene rings is 1. The Morgan fingerprint density at radius 1 is 1.15 bits per heavy atom. The third-order valence-corrected chi connectivity index (χ3v) is 6.27. The predicted octanol–water partition coefficient (Wildman–Crippen LogP) is 1.63. The van der Waals surface area contributed by atoms with E-state index in [1.54, 1.807) is 6.92 Å². The molecule has 1 amide bonds. The van der Waals surface area contributed by atoms with Gasteiger partial charge in [-0.3, -0.25) is 23.6 Å². The van der Waals surface area contributed by atoms with Crippen LogP contribution in [-0.4, -0.2) is 55.6 Å². The van der Waals surface area contributed by atoms with Crippen molar-refractivity contribution >= 4 is 16.9 Å². The first-order valence-corrected chi connectivity index (χ1v) is 11.6. The molecule has 174 valence electrons. The summed E-state index contributed by atoms with van der Waals surface area (Å²) in [4.78, 5) is 49.8. The van der Waals surface area contributed by atoms with E-state index >= 15 is 0 Å². The van der Waals surface area contributed by atoms with E-state index in [0.717, 1.165) is 23.2 Å². The van der Waals surface area contributed by atoms with Gasteiger partial charge in [0, 0.05) is 37.4 Å². The minimum absolute atomic E-state index is 0.214. The molecule has 1 saturated heterocycles. The first-order valence-electron chi connectivity index (χ1n) is 11.6. The third-order valence-electron chi connectivity index (χ3n) is 6.27. The van der Waals surface area contributed by atoms with Crippen LogP contribution in [0, 0.1) is 0 Å². The van der Waals surface area contributed by atoms with Crippen LogP contribution in [0.15, 0.2) is 46.1 Å². The van der Waals surface area contributed by atoms with Crippen LogP contribution in [0.2, 0.25) is 0 Å². The molecule has 0 radical (unpaired) electrons. The smallest absolute Gasteiger partial charge is 0.333 e. The maximum absolute atomic E-state index is 13.1. The second-order valence-electron chi connectivity index (χ2n) is 8.45. The van der Waals surface area contributed by atoms with Gasteiger partial charge in [-0.1, -0.05) is 36.8 Å². The van der Waals surface area contributed by atoms with Crippen molar-refractivity contribution in [2.75, 3.05) is 19.6 Å². The standard InChI is InChI=1S/C24H30N6O3/c1-3-29-22-19(15-26-21(27-22)18-10-5-4-6-11-18)23(32)30(24(29)33)16-20(31)25-12-14-28-13-8-7-9-17(28)2/h4-6,10-11,15,17H,3,7-9,12-14,16H2,1-2H3,(H,25,31)/t17-/m1/s1. The fourth-order valence-corrected chi connectivity index (χ4v) is 4.38. The van der Waals surface area contributed by atoms with Crippen molar-refractivity contribution in [2.45, 2.75) is 52.2 Å². The van der Waals surface area contributed by atoms with E-state index in [2.05, 4.69) is 27.1 Å². The minimum Gasteiger partial charge on any atom is -0.353 e. The summed E-state index contributed by atoms with van der Waals surface area (Å²) in [7, 11) is 0. The Morgan fingerprint density at radius 2 is 1.94 bits per heavy atom. The van der Waals surface area contributed by atoms with Crippen LogP contribution in [0.4, 0.5) is 0 Å². The van der Waals surface area contributed by atoms with E-state index in [1.807, 2.05) is 30.3 Å². The maximum Gasteiger partial charge on any atom is 0.333 e. The van der Waals surface area contributed by atoms with Crippen LogP contribution >= 0.6 is 0 Å². The largest absolute Gasteiger partial charge is 0.353 e. The molecule has 1 aromatic carbocycles. The van der Waals surface area contributed by atoms with Gasteiger partial charge in [-0.25, -0.2) is 14.8 Å². The van der Waals surface area contributed by atoms with E-state index < -0.39 is 11.2 Å². The highest BCUT2D eigenvalue weighted by atomic mass is 16.2. The van der Waals surface area contributed by atoms with Crippen LogP contribution < -0.4 is 16.6 Å². The zero-order valence-corrected chi connectivity index (χ0v) is 19.2. The SMILES string of the molecule is CCn1c(=O)n(CC(=O)NCCN2CCCC[C@H]2C)c(=O)c2cnc(-c3ccccc3)nc21. The highest BCUT2D eigenvalue weighted by molar-refractivity contribution is 5.78. The van der Waals surface area contributed by atoms with Crippen molar-refractivity contribution in [1.29, 1.82) is 0 Å². The molecule has 9 heteroatoms. The quantitative estimate of drug-likeness (QED) is 0.587. The van der Waals surface area contributed by atoms with E-state index in [9.17, 15) is 14.4 Å². The molecule has 1 aliphatic rings. The second-order valence-corrected chi connectivity index (χ2v) is 8.45.